The van der Waals surface area contributed by atoms with E-state index in [1.807, 2.05) is 36.4 Å². The van der Waals surface area contributed by atoms with Crippen molar-refractivity contribution in [1.29, 1.82) is 0 Å². The van der Waals surface area contributed by atoms with Crippen molar-refractivity contribution < 1.29 is 9.90 Å². The maximum Gasteiger partial charge on any atom is 0.255 e. The number of hydrogen-bond donors (Lipinski definition) is 1. The molecule has 0 aliphatic rings. The summed E-state index contributed by atoms with van der Waals surface area (Å²) < 4.78 is 0. The Morgan fingerprint density at radius 3 is 2.62 bits per heavy atom. The van der Waals surface area contributed by atoms with E-state index in [1.165, 1.54) is 0 Å². The van der Waals surface area contributed by atoms with Crippen LogP contribution in [0.3, 0.4) is 0 Å². The molecule has 1 amide bonds. The molecule has 0 radical (unpaired) electrons. The Morgan fingerprint density at radius 1 is 1.50 bits per heavy atom. The molecular weight excluding hydrogens is 222 g/mol. The highest BCUT2D eigenvalue weighted by Gasteiger charge is 2.20. The van der Waals surface area contributed by atoms with E-state index >= 15 is 0 Å². The van der Waals surface area contributed by atoms with Crippen molar-refractivity contribution in [3.05, 3.63) is 21.9 Å². The molecule has 0 saturated carbocycles. The van der Waals surface area contributed by atoms with Crippen molar-refractivity contribution in [3.8, 4) is 0 Å². The molecule has 0 aromatic carbocycles. The van der Waals surface area contributed by atoms with E-state index in [-0.39, 0.29) is 18.6 Å². The topological polar surface area (TPSA) is 40.5 Å². The minimum absolute atomic E-state index is 0.0715. The molecule has 1 N–H and O–H groups in total. The largest absolute Gasteiger partial charge is 0.396 e. The standard InChI is InChI=1S/C12H19NO2S/c1-9(2)13(5-4-6-14)12(15)11-8-16-7-10(11)3/h7-9,14H,4-6H2,1-3H3. The van der Waals surface area contributed by atoms with Gasteiger partial charge in [-0.25, -0.2) is 0 Å². The molecule has 1 heterocycles. The van der Waals surface area contributed by atoms with E-state index in [0.717, 1.165) is 11.1 Å². The first-order valence-corrected chi connectivity index (χ1v) is 6.46. The summed E-state index contributed by atoms with van der Waals surface area (Å²) in [5.41, 5.74) is 1.82. The highest BCUT2D eigenvalue weighted by atomic mass is 32.1. The van der Waals surface area contributed by atoms with Gasteiger partial charge in [-0.05, 0) is 38.1 Å². The van der Waals surface area contributed by atoms with Gasteiger partial charge in [-0.3, -0.25) is 4.79 Å². The zero-order valence-electron chi connectivity index (χ0n) is 10.1. The first-order valence-electron chi connectivity index (χ1n) is 5.52. The van der Waals surface area contributed by atoms with Crippen LogP contribution in [0.15, 0.2) is 10.8 Å². The van der Waals surface area contributed by atoms with Crippen LogP contribution < -0.4 is 0 Å². The van der Waals surface area contributed by atoms with Crippen molar-refractivity contribution >= 4 is 17.2 Å². The van der Waals surface area contributed by atoms with E-state index in [4.69, 9.17) is 5.11 Å². The number of nitrogens with zero attached hydrogens (tertiary/aromatic N) is 1. The fourth-order valence-electron chi connectivity index (χ4n) is 1.57. The second-order valence-electron chi connectivity index (χ2n) is 4.14. The van der Waals surface area contributed by atoms with E-state index in [0.29, 0.717) is 13.0 Å². The lowest BCUT2D eigenvalue weighted by molar-refractivity contribution is 0.0693. The van der Waals surface area contributed by atoms with Gasteiger partial charge >= 0.3 is 0 Å². The summed E-state index contributed by atoms with van der Waals surface area (Å²) in [6.07, 6.45) is 0.632. The molecular formula is C12H19NO2S. The van der Waals surface area contributed by atoms with Gasteiger partial charge in [0.15, 0.2) is 0 Å². The molecule has 0 saturated heterocycles. The summed E-state index contributed by atoms with van der Waals surface area (Å²) >= 11 is 1.55. The normalized spacial score (nSPS) is 10.8. The highest BCUT2D eigenvalue weighted by molar-refractivity contribution is 7.08. The maximum atomic E-state index is 12.2. The van der Waals surface area contributed by atoms with Crippen LogP contribution in [0.5, 0.6) is 0 Å². The number of amides is 1. The van der Waals surface area contributed by atoms with Gasteiger partial charge < -0.3 is 10.0 Å². The lowest BCUT2D eigenvalue weighted by atomic mass is 10.1. The number of rotatable bonds is 5. The molecule has 90 valence electrons. The van der Waals surface area contributed by atoms with E-state index in [2.05, 4.69) is 0 Å². The Bertz CT molecular complexity index is 347. The average Bonchev–Trinajstić information content (AvgIpc) is 2.64. The molecule has 4 heteroatoms. The summed E-state index contributed by atoms with van der Waals surface area (Å²) in [6, 6.07) is 0.165. The third-order valence-corrected chi connectivity index (χ3v) is 3.39. The Hall–Kier alpha value is -0.870. The predicted molar refractivity (Wildman–Crippen MR) is 66.9 cm³/mol. The van der Waals surface area contributed by atoms with Gasteiger partial charge in [-0.2, -0.15) is 11.3 Å². The minimum Gasteiger partial charge on any atom is -0.396 e. The highest BCUT2D eigenvalue weighted by Crippen LogP contribution is 2.17. The smallest absolute Gasteiger partial charge is 0.255 e. The number of thiophene rings is 1. The van der Waals surface area contributed by atoms with Crippen molar-refractivity contribution in [2.75, 3.05) is 13.2 Å². The fourth-order valence-corrected chi connectivity index (χ4v) is 2.39. The van der Waals surface area contributed by atoms with Crippen LogP contribution in [0.2, 0.25) is 0 Å². The Morgan fingerprint density at radius 2 is 2.19 bits per heavy atom. The lowest BCUT2D eigenvalue weighted by Gasteiger charge is -2.26. The average molecular weight is 241 g/mol. The first-order chi connectivity index (χ1) is 7.57. The first kappa shape index (κ1) is 13.2. The Labute approximate surface area is 101 Å². The van der Waals surface area contributed by atoms with Gasteiger partial charge in [0, 0.05) is 24.6 Å². The SMILES string of the molecule is Cc1cscc1C(=O)N(CCCO)C(C)C. The zero-order valence-corrected chi connectivity index (χ0v) is 10.9. The second-order valence-corrected chi connectivity index (χ2v) is 4.88. The molecule has 16 heavy (non-hydrogen) atoms. The molecule has 0 atom stereocenters. The molecule has 3 nitrogen and oxygen atoms in total. The van der Waals surface area contributed by atoms with E-state index in [1.54, 1.807) is 11.3 Å². The summed E-state index contributed by atoms with van der Waals surface area (Å²) in [6.45, 7) is 6.68. The van der Waals surface area contributed by atoms with Crippen molar-refractivity contribution in [3.63, 3.8) is 0 Å². The van der Waals surface area contributed by atoms with Crippen LogP contribution in [0.25, 0.3) is 0 Å². The quantitative estimate of drug-likeness (QED) is 0.859. The Kier molecular flexibility index (Phi) is 4.96. The van der Waals surface area contributed by atoms with E-state index in [9.17, 15) is 4.79 Å². The number of aliphatic hydroxyl groups excluding tert-OH is 1. The van der Waals surface area contributed by atoms with Crippen LogP contribution in [-0.4, -0.2) is 35.1 Å². The molecule has 1 aromatic rings. The van der Waals surface area contributed by atoms with Crippen LogP contribution in [0.1, 0.15) is 36.2 Å². The van der Waals surface area contributed by atoms with Crippen LogP contribution in [0.4, 0.5) is 0 Å². The third-order valence-electron chi connectivity index (χ3n) is 2.53. The van der Waals surface area contributed by atoms with Gasteiger partial charge in [-0.1, -0.05) is 0 Å². The molecule has 0 unspecified atom stereocenters. The molecule has 0 fully saturated rings. The van der Waals surface area contributed by atoms with Crippen LogP contribution >= 0.6 is 11.3 Å². The third kappa shape index (κ3) is 3.06. The van der Waals surface area contributed by atoms with Crippen molar-refractivity contribution in [2.24, 2.45) is 0 Å². The van der Waals surface area contributed by atoms with Crippen molar-refractivity contribution in [2.45, 2.75) is 33.2 Å². The summed E-state index contributed by atoms with van der Waals surface area (Å²) in [5, 5.41) is 12.7. The molecule has 0 aliphatic carbocycles. The van der Waals surface area contributed by atoms with Gasteiger partial charge in [-0.15, -0.1) is 0 Å². The molecule has 1 aromatic heterocycles. The second kappa shape index (κ2) is 6.01. The molecule has 0 aliphatic heterocycles. The Balaban J connectivity index is 2.79. The number of aryl methyl sites for hydroxylation is 1. The maximum absolute atomic E-state index is 12.2. The lowest BCUT2D eigenvalue weighted by Crippen LogP contribution is -2.38. The van der Waals surface area contributed by atoms with Gasteiger partial charge in [0.25, 0.3) is 5.91 Å². The predicted octanol–water partition coefficient (Wildman–Crippen LogP) is 2.29. The summed E-state index contributed by atoms with van der Waals surface area (Å²) in [5.74, 6) is 0.0715. The van der Waals surface area contributed by atoms with Crippen LogP contribution in [-0.2, 0) is 0 Å². The molecule has 0 bridgehead atoms. The minimum atomic E-state index is 0.0715. The summed E-state index contributed by atoms with van der Waals surface area (Å²) in [7, 11) is 0. The number of carbonyl (C=O) groups is 1. The van der Waals surface area contributed by atoms with Gasteiger partial charge in [0.1, 0.15) is 0 Å². The number of aliphatic hydroxyl groups is 1. The van der Waals surface area contributed by atoms with Crippen LogP contribution in [0, 0.1) is 6.92 Å². The number of hydrogen-bond acceptors (Lipinski definition) is 3. The number of carbonyl (C=O) groups excluding carboxylic acids is 1. The fraction of sp³-hybridized carbons (Fsp3) is 0.583. The van der Waals surface area contributed by atoms with Gasteiger partial charge in [0.2, 0.25) is 0 Å². The summed E-state index contributed by atoms with van der Waals surface area (Å²) in [4.78, 5) is 14.0. The molecule has 1 rings (SSSR count). The molecule has 0 spiro atoms. The zero-order chi connectivity index (χ0) is 12.1. The van der Waals surface area contributed by atoms with Crippen molar-refractivity contribution in [1.82, 2.24) is 4.90 Å². The van der Waals surface area contributed by atoms with Gasteiger partial charge in [0.05, 0.1) is 5.56 Å². The van der Waals surface area contributed by atoms with E-state index < -0.39 is 0 Å². The monoisotopic (exact) mass is 241 g/mol.